The van der Waals surface area contributed by atoms with Gasteiger partial charge in [0.25, 0.3) is 0 Å². The summed E-state index contributed by atoms with van der Waals surface area (Å²) < 4.78 is 9.84. The van der Waals surface area contributed by atoms with Crippen LogP contribution < -0.4 is 0 Å². The van der Waals surface area contributed by atoms with Gasteiger partial charge in [0, 0.05) is 6.08 Å². The van der Waals surface area contributed by atoms with E-state index in [-0.39, 0.29) is 5.76 Å². The van der Waals surface area contributed by atoms with Crippen LogP contribution in [0.1, 0.15) is 0 Å². The summed E-state index contributed by atoms with van der Waals surface area (Å²) in [6.07, 6.45) is 4.65. The van der Waals surface area contributed by atoms with Gasteiger partial charge >= 0.3 is 5.97 Å². The van der Waals surface area contributed by atoms with Crippen LogP contribution in [-0.4, -0.2) is 15.9 Å². The molecular weight excluding hydrogens is 168 g/mol. The Morgan fingerprint density at radius 2 is 2.45 bits per heavy atom. The maximum atomic E-state index is 10.4. The van der Waals surface area contributed by atoms with Crippen LogP contribution >= 0.6 is 11.0 Å². The first-order chi connectivity index (χ1) is 5.27. The van der Waals surface area contributed by atoms with Crippen LogP contribution in [0, 0.1) is 0 Å². The molecule has 0 saturated heterocycles. The van der Waals surface area contributed by atoms with Gasteiger partial charge in [-0.1, -0.05) is 0 Å². The average molecular weight is 172 g/mol. The normalized spacial score (nSPS) is 25.6. The molecule has 5 heteroatoms. The lowest BCUT2D eigenvalue weighted by molar-refractivity contribution is -0.134. The molecule has 0 radical (unpaired) electrons. The number of carboxylic acid groups (broad SMARTS) is 1. The third-order valence-corrected chi connectivity index (χ3v) is 2.47. The van der Waals surface area contributed by atoms with E-state index in [1.54, 1.807) is 6.08 Å². The molecule has 1 atom stereocenters. The molecule has 2 aliphatic heterocycles. The highest BCUT2D eigenvalue weighted by atomic mass is 32.2. The number of allylic oxidation sites excluding steroid dienone is 2. The van der Waals surface area contributed by atoms with Gasteiger partial charge in [-0.15, -0.1) is 0 Å². The number of carbonyl (C=O) groups is 1. The summed E-state index contributed by atoms with van der Waals surface area (Å²) in [4.78, 5) is 11.1. The number of hydrogen-bond donors (Lipinski definition) is 1. The van der Waals surface area contributed by atoms with Crippen molar-refractivity contribution in [2.45, 2.75) is 0 Å². The van der Waals surface area contributed by atoms with Crippen molar-refractivity contribution in [3.05, 3.63) is 24.2 Å². The molecule has 0 aromatic carbocycles. The largest absolute Gasteiger partial charge is 0.475 e. The van der Waals surface area contributed by atoms with E-state index >= 15 is 0 Å². The molecule has 0 spiro atoms. The van der Waals surface area contributed by atoms with Gasteiger partial charge in [-0.05, 0) is 6.08 Å². The predicted molar refractivity (Wildman–Crippen MR) is 39.6 cm³/mol. The fourth-order valence-corrected chi connectivity index (χ4v) is 1.81. The van der Waals surface area contributed by atoms with E-state index in [1.807, 2.05) is 0 Å². The van der Waals surface area contributed by atoms with Crippen molar-refractivity contribution in [1.82, 2.24) is 0 Å². The van der Waals surface area contributed by atoms with E-state index < -0.39 is 17.0 Å². The summed E-state index contributed by atoms with van der Waals surface area (Å²) >= 11 is -0.786. The zero-order valence-electron chi connectivity index (χ0n) is 5.31. The highest BCUT2D eigenvalue weighted by Gasteiger charge is 2.24. The smallest absolute Gasteiger partial charge is 0.372 e. The number of carboxylic acids is 1. The quantitative estimate of drug-likeness (QED) is 0.594. The molecule has 0 bridgehead atoms. The van der Waals surface area contributed by atoms with Gasteiger partial charge in [0.15, 0.2) is 11.0 Å². The van der Waals surface area contributed by atoms with Crippen molar-refractivity contribution in [3.8, 4) is 0 Å². The minimum Gasteiger partial charge on any atom is -0.475 e. The highest BCUT2D eigenvalue weighted by molar-refractivity contribution is 8.08. The molecule has 0 aromatic rings. The minimum absolute atomic E-state index is 0.0484. The average Bonchev–Trinajstić information content (AvgIpc) is 2.40. The van der Waals surface area contributed by atoms with E-state index in [2.05, 4.69) is 0 Å². The Balaban J connectivity index is 2.26. The Morgan fingerprint density at radius 3 is 3.09 bits per heavy atom. The fraction of sp³-hybridized carbons (Fsp3) is 0. The molecular formula is C6H4O4S. The van der Waals surface area contributed by atoms with E-state index in [4.69, 9.17) is 13.5 Å². The van der Waals surface area contributed by atoms with Gasteiger partial charge < -0.3 is 13.5 Å². The third kappa shape index (κ3) is 0.932. The summed E-state index contributed by atoms with van der Waals surface area (Å²) in [5.74, 6) is -1.11. The summed E-state index contributed by atoms with van der Waals surface area (Å²) in [5, 5.41) is 8.49. The van der Waals surface area contributed by atoms with Crippen LogP contribution in [0.4, 0.5) is 0 Å². The Bertz CT molecular complexity index is 313. The number of hydrogen-bond acceptors (Lipinski definition) is 3. The van der Waals surface area contributed by atoms with Crippen LogP contribution in [0.3, 0.4) is 0 Å². The van der Waals surface area contributed by atoms with Crippen molar-refractivity contribution in [2.24, 2.45) is 0 Å². The summed E-state index contributed by atoms with van der Waals surface area (Å²) in [7, 11) is 0. The first-order valence-corrected chi connectivity index (χ1v) is 3.93. The van der Waals surface area contributed by atoms with Crippen molar-refractivity contribution < 1.29 is 18.3 Å². The lowest BCUT2D eigenvalue weighted by atomic mass is 10.3. The zero-order chi connectivity index (χ0) is 7.84. The second-order valence-corrected chi connectivity index (χ2v) is 3.23. The van der Waals surface area contributed by atoms with Gasteiger partial charge in [-0.25, -0.2) is 4.79 Å². The molecule has 2 aliphatic rings. The topological polar surface area (TPSA) is 55.8 Å². The summed E-state index contributed by atoms with van der Waals surface area (Å²) in [5.41, 5.74) is 0. The van der Waals surface area contributed by atoms with E-state index in [0.29, 0.717) is 0 Å². The highest BCUT2D eigenvalue weighted by Crippen LogP contribution is 2.34. The van der Waals surface area contributed by atoms with Crippen LogP contribution in [0.25, 0.3) is 0 Å². The third-order valence-electron chi connectivity index (χ3n) is 1.22. The zero-order valence-corrected chi connectivity index (χ0v) is 6.13. The van der Waals surface area contributed by atoms with Crippen molar-refractivity contribution in [1.29, 1.82) is 0 Å². The molecule has 0 fully saturated rings. The van der Waals surface area contributed by atoms with Gasteiger partial charge in [0.05, 0.1) is 4.86 Å². The first kappa shape index (κ1) is 6.48. The van der Waals surface area contributed by atoms with Crippen LogP contribution in [0.2, 0.25) is 0 Å². The van der Waals surface area contributed by atoms with E-state index in [1.165, 1.54) is 12.3 Å². The molecule has 0 aromatic heterocycles. The van der Waals surface area contributed by atoms with Crippen LogP contribution in [0.5, 0.6) is 0 Å². The maximum Gasteiger partial charge on any atom is 0.372 e. The van der Waals surface area contributed by atoms with E-state index in [0.717, 1.165) is 4.86 Å². The van der Waals surface area contributed by atoms with Gasteiger partial charge in [-0.3, -0.25) is 0 Å². The fourth-order valence-electron chi connectivity index (χ4n) is 0.753. The van der Waals surface area contributed by atoms with Gasteiger partial charge in [-0.2, -0.15) is 0 Å². The number of rotatable bonds is 1. The van der Waals surface area contributed by atoms with Gasteiger partial charge in [0.2, 0.25) is 5.76 Å². The molecule has 58 valence electrons. The minimum atomic E-state index is -1.06. The molecule has 4 nitrogen and oxygen atoms in total. The first-order valence-electron chi connectivity index (χ1n) is 2.85. The molecule has 0 saturated carbocycles. The Morgan fingerprint density at radius 1 is 1.64 bits per heavy atom. The molecule has 11 heavy (non-hydrogen) atoms. The van der Waals surface area contributed by atoms with E-state index in [9.17, 15) is 4.79 Å². The second-order valence-electron chi connectivity index (χ2n) is 1.93. The van der Waals surface area contributed by atoms with Crippen molar-refractivity contribution in [2.75, 3.05) is 0 Å². The van der Waals surface area contributed by atoms with Crippen LogP contribution in [-0.2, 0) is 13.2 Å². The maximum absolute atomic E-state index is 10.4. The molecule has 1 N–H and O–H groups in total. The van der Waals surface area contributed by atoms with Crippen LogP contribution in [0.15, 0.2) is 24.2 Å². The summed E-state index contributed by atoms with van der Waals surface area (Å²) in [6.45, 7) is 0. The summed E-state index contributed by atoms with van der Waals surface area (Å²) in [6, 6.07) is 0. The SMILES string of the molecule is O=C(O)C1=CC2=S(OC=C2)O1. The molecule has 2 rings (SSSR count). The van der Waals surface area contributed by atoms with Gasteiger partial charge in [0.1, 0.15) is 6.26 Å². The molecule has 1 unspecified atom stereocenters. The second kappa shape index (κ2) is 2.13. The Labute approximate surface area is 65.1 Å². The predicted octanol–water partition coefficient (Wildman–Crippen LogP) is 0.800. The van der Waals surface area contributed by atoms with Crippen molar-refractivity contribution >= 4 is 21.9 Å². The molecule has 0 amide bonds. The number of aliphatic carboxylic acids is 1. The molecule has 0 aliphatic carbocycles. The lowest BCUT2D eigenvalue weighted by Crippen LogP contribution is -1.99. The Hall–Kier alpha value is -1.23. The molecule has 2 heterocycles. The van der Waals surface area contributed by atoms with Crippen molar-refractivity contribution in [3.63, 3.8) is 0 Å². The monoisotopic (exact) mass is 172 g/mol. The Kier molecular flexibility index (Phi) is 1.25. The standard InChI is InChI=1S/C6H4O4S/c7-6(8)5-3-4-1-2-9-11(4)10-5/h1-3H,(H,7,8). The lowest BCUT2D eigenvalue weighted by Gasteiger charge is -2.00.